The number of rotatable bonds is 14. The van der Waals surface area contributed by atoms with Gasteiger partial charge in [-0.3, -0.25) is 0 Å². The van der Waals surface area contributed by atoms with Crippen molar-refractivity contribution in [2.75, 3.05) is 6.61 Å². The number of aromatic nitrogens is 3. The van der Waals surface area contributed by atoms with Crippen LogP contribution in [-0.2, 0) is 0 Å². The number of hydrogen-bond acceptors (Lipinski definition) is 6. The zero-order valence-electron chi connectivity index (χ0n) is 21.6. The number of benzene rings is 2. The quantitative estimate of drug-likeness (QED) is 0.134. The Balaban J connectivity index is 1.25. The molecule has 3 aromatic heterocycles. The van der Waals surface area contributed by atoms with Gasteiger partial charge >= 0.3 is 0 Å². The topological polar surface area (TPSA) is 47.9 Å². The summed E-state index contributed by atoms with van der Waals surface area (Å²) in [5.74, 6) is 0.842. The molecule has 0 spiro atoms. The second kappa shape index (κ2) is 13.1. The molecule has 0 saturated carbocycles. The number of hydrogen-bond donors (Lipinski definition) is 0. The van der Waals surface area contributed by atoms with Crippen molar-refractivity contribution >= 4 is 43.1 Å². The van der Waals surface area contributed by atoms with Crippen molar-refractivity contribution in [2.24, 2.45) is 0 Å². The van der Waals surface area contributed by atoms with E-state index >= 15 is 0 Å². The van der Waals surface area contributed by atoms with Crippen molar-refractivity contribution in [1.29, 1.82) is 0 Å². The minimum absolute atomic E-state index is 0.721. The van der Waals surface area contributed by atoms with Gasteiger partial charge in [-0.15, -0.1) is 22.7 Å². The molecule has 0 saturated heterocycles. The van der Waals surface area contributed by atoms with Gasteiger partial charge in [-0.05, 0) is 30.7 Å². The van der Waals surface area contributed by atoms with Crippen molar-refractivity contribution in [3.8, 4) is 27.2 Å². The molecule has 0 N–H and O–H groups in total. The number of nitrogens with zero attached hydrogens (tertiary/aromatic N) is 3. The monoisotopic (exact) mass is 529 g/mol. The lowest BCUT2D eigenvalue weighted by Crippen LogP contribution is -1.99. The second-order valence-electron chi connectivity index (χ2n) is 9.58. The molecule has 0 unspecified atom stereocenters. The van der Waals surface area contributed by atoms with E-state index in [1.165, 1.54) is 57.8 Å². The zero-order chi connectivity index (χ0) is 25.3. The van der Waals surface area contributed by atoms with Gasteiger partial charge in [-0.1, -0.05) is 89.0 Å². The Morgan fingerprint density at radius 2 is 1.08 bits per heavy atom. The summed E-state index contributed by atoms with van der Waals surface area (Å²) in [6.07, 6.45) is 13.2. The molecule has 5 aromatic rings. The molecule has 0 bridgehead atoms. The van der Waals surface area contributed by atoms with Gasteiger partial charge in [-0.25, -0.2) is 15.0 Å². The highest BCUT2D eigenvalue weighted by atomic mass is 32.1. The maximum absolute atomic E-state index is 6.26. The molecule has 0 radical (unpaired) electrons. The normalized spacial score (nSPS) is 11.5. The first kappa shape index (κ1) is 25.8. The van der Waals surface area contributed by atoms with Crippen LogP contribution in [0.1, 0.15) is 71.1 Å². The molecule has 5 rings (SSSR count). The lowest BCUT2D eigenvalue weighted by molar-refractivity contribution is 0.304. The maximum atomic E-state index is 6.26. The van der Waals surface area contributed by atoms with E-state index in [1.807, 2.05) is 24.3 Å². The molecule has 37 heavy (non-hydrogen) atoms. The Morgan fingerprint density at radius 3 is 1.59 bits per heavy atom. The third-order valence-corrected chi connectivity index (χ3v) is 8.71. The standard InChI is InChI=1S/C31H35N3OS2/c1-2-3-4-5-6-7-8-9-10-15-20-35-23-21-26(30-33-24-16-11-13-18-28(24)36-30)32-27(22-23)31-34-25-17-12-14-19-29(25)37-31/h11-14,16-19,21-22H,2-10,15,20H2,1H3. The summed E-state index contributed by atoms with van der Waals surface area (Å²) in [6, 6.07) is 20.5. The summed E-state index contributed by atoms with van der Waals surface area (Å²) in [5.41, 5.74) is 3.69. The molecule has 0 fully saturated rings. The lowest BCUT2D eigenvalue weighted by Gasteiger charge is -2.09. The second-order valence-corrected chi connectivity index (χ2v) is 11.6. The van der Waals surface area contributed by atoms with Gasteiger partial charge in [0.25, 0.3) is 0 Å². The van der Waals surface area contributed by atoms with Crippen LogP contribution in [0.25, 0.3) is 41.8 Å². The van der Waals surface area contributed by atoms with Crippen molar-refractivity contribution in [1.82, 2.24) is 15.0 Å². The first-order valence-corrected chi connectivity index (χ1v) is 15.3. The Bertz CT molecular complexity index is 1270. The molecular formula is C31H35N3OS2. The van der Waals surface area contributed by atoms with Gasteiger partial charge in [0.1, 0.15) is 27.2 Å². The number of unbranched alkanes of at least 4 members (excludes halogenated alkanes) is 9. The van der Waals surface area contributed by atoms with Crippen LogP contribution in [0.3, 0.4) is 0 Å². The van der Waals surface area contributed by atoms with Gasteiger partial charge in [0.2, 0.25) is 0 Å². The average Bonchev–Trinajstić information content (AvgIpc) is 3.56. The molecule has 2 aromatic carbocycles. The van der Waals surface area contributed by atoms with Gasteiger partial charge in [-0.2, -0.15) is 0 Å². The minimum Gasteiger partial charge on any atom is -0.493 e. The Morgan fingerprint density at radius 1 is 0.595 bits per heavy atom. The zero-order valence-corrected chi connectivity index (χ0v) is 23.3. The minimum atomic E-state index is 0.721. The van der Waals surface area contributed by atoms with E-state index in [9.17, 15) is 0 Å². The van der Waals surface area contributed by atoms with Crippen LogP contribution in [-0.4, -0.2) is 21.6 Å². The highest BCUT2D eigenvalue weighted by molar-refractivity contribution is 7.22. The van der Waals surface area contributed by atoms with Crippen LogP contribution >= 0.6 is 22.7 Å². The fourth-order valence-corrected chi connectivity index (χ4v) is 6.40. The molecular weight excluding hydrogens is 494 g/mol. The van der Waals surface area contributed by atoms with Gasteiger partial charge in [0, 0.05) is 12.1 Å². The Kier molecular flexibility index (Phi) is 9.14. The van der Waals surface area contributed by atoms with Gasteiger partial charge < -0.3 is 4.74 Å². The SMILES string of the molecule is CCCCCCCCCCCCOc1cc(-c2nc3ccccc3s2)nc(-c2nc3ccccc3s2)c1. The van der Waals surface area contributed by atoms with Crippen molar-refractivity contribution in [2.45, 2.75) is 71.1 Å². The fourth-order valence-electron chi connectivity index (χ4n) is 4.55. The number of thiazole rings is 2. The fraction of sp³-hybridized carbons (Fsp3) is 0.387. The average molecular weight is 530 g/mol. The number of ether oxygens (including phenoxy) is 1. The first-order chi connectivity index (χ1) is 18.3. The molecule has 0 atom stereocenters. The highest BCUT2D eigenvalue weighted by Gasteiger charge is 2.15. The van der Waals surface area contributed by atoms with Crippen molar-refractivity contribution < 1.29 is 4.74 Å². The van der Waals surface area contributed by atoms with Crippen molar-refractivity contribution in [3.05, 3.63) is 60.7 Å². The van der Waals surface area contributed by atoms with E-state index in [0.717, 1.165) is 60.6 Å². The molecule has 0 aliphatic carbocycles. The number of pyridine rings is 1. The summed E-state index contributed by atoms with van der Waals surface area (Å²) in [4.78, 5) is 14.7. The van der Waals surface area contributed by atoms with Crippen LogP contribution in [0.5, 0.6) is 5.75 Å². The number of fused-ring (bicyclic) bond motifs is 2. The van der Waals surface area contributed by atoms with E-state index in [1.54, 1.807) is 22.7 Å². The predicted octanol–water partition coefficient (Wildman–Crippen LogP) is 9.93. The van der Waals surface area contributed by atoms with Crippen LogP contribution < -0.4 is 4.74 Å². The predicted molar refractivity (Wildman–Crippen MR) is 159 cm³/mol. The summed E-state index contributed by atoms with van der Waals surface area (Å²) in [5, 5.41) is 1.82. The molecule has 192 valence electrons. The van der Waals surface area contributed by atoms with Crippen LogP contribution in [0.2, 0.25) is 0 Å². The summed E-state index contributed by atoms with van der Waals surface area (Å²) in [7, 11) is 0. The summed E-state index contributed by atoms with van der Waals surface area (Å²) >= 11 is 3.33. The molecule has 0 aliphatic heterocycles. The third-order valence-electron chi connectivity index (χ3n) is 6.59. The lowest BCUT2D eigenvalue weighted by atomic mass is 10.1. The molecule has 6 heteroatoms. The largest absolute Gasteiger partial charge is 0.493 e. The van der Waals surface area contributed by atoms with Gasteiger partial charge in [0.05, 0.1) is 27.0 Å². The van der Waals surface area contributed by atoms with E-state index in [4.69, 9.17) is 19.7 Å². The number of para-hydroxylation sites is 2. The Hall–Kier alpha value is -2.83. The molecule has 0 aliphatic rings. The van der Waals surface area contributed by atoms with Crippen LogP contribution in [0.15, 0.2) is 60.7 Å². The van der Waals surface area contributed by atoms with Crippen LogP contribution in [0, 0.1) is 0 Å². The van der Waals surface area contributed by atoms with E-state index in [2.05, 4.69) is 43.3 Å². The van der Waals surface area contributed by atoms with E-state index in [0.29, 0.717) is 0 Å². The molecule has 0 amide bonds. The van der Waals surface area contributed by atoms with Gasteiger partial charge in [0.15, 0.2) is 0 Å². The van der Waals surface area contributed by atoms with E-state index in [-0.39, 0.29) is 0 Å². The first-order valence-electron chi connectivity index (χ1n) is 13.7. The van der Waals surface area contributed by atoms with Crippen molar-refractivity contribution in [3.63, 3.8) is 0 Å². The Labute approximate surface area is 227 Å². The van der Waals surface area contributed by atoms with Crippen LogP contribution in [0.4, 0.5) is 0 Å². The third kappa shape index (κ3) is 6.93. The van der Waals surface area contributed by atoms with E-state index < -0.39 is 0 Å². The summed E-state index contributed by atoms with van der Waals surface area (Å²) < 4.78 is 8.59. The maximum Gasteiger partial charge on any atom is 0.143 e. The molecule has 4 nitrogen and oxygen atoms in total. The highest BCUT2D eigenvalue weighted by Crippen LogP contribution is 2.35. The molecule has 3 heterocycles. The smallest absolute Gasteiger partial charge is 0.143 e. The summed E-state index contributed by atoms with van der Waals surface area (Å²) in [6.45, 7) is 3.00.